The predicted molar refractivity (Wildman–Crippen MR) is 110 cm³/mol. The van der Waals surface area contributed by atoms with Crippen LogP contribution in [0.5, 0.6) is 0 Å². The average molecular weight is 423 g/mol. The minimum absolute atomic E-state index is 0.0793. The van der Waals surface area contributed by atoms with Gasteiger partial charge in [0.1, 0.15) is 11.4 Å². The Hall–Kier alpha value is -3.94. The Kier molecular flexibility index (Phi) is 5.29. The first kappa shape index (κ1) is 20.3. The molecule has 0 spiro atoms. The van der Waals surface area contributed by atoms with Gasteiger partial charge < -0.3 is 4.42 Å². The summed E-state index contributed by atoms with van der Waals surface area (Å²) in [5, 5.41) is 2.61. The van der Waals surface area contributed by atoms with E-state index in [1.165, 1.54) is 19.2 Å². The molecule has 5 nitrogen and oxygen atoms in total. The lowest BCUT2D eigenvalue weighted by Crippen LogP contribution is -2.05. The van der Waals surface area contributed by atoms with Crippen molar-refractivity contribution < 1.29 is 22.4 Å². The smallest absolute Gasteiger partial charge is 0.416 e. The van der Waals surface area contributed by atoms with Crippen molar-refractivity contribution in [3.8, 4) is 34.0 Å². The Bertz CT molecular complexity index is 1230. The van der Waals surface area contributed by atoms with Crippen molar-refractivity contribution in [2.45, 2.75) is 13.1 Å². The second-order valence-electron chi connectivity index (χ2n) is 6.72. The molecule has 0 radical (unpaired) electrons. The fraction of sp³-hybridized carbons (Fsp3) is 0.0870. The fourth-order valence-corrected chi connectivity index (χ4v) is 3.13. The summed E-state index contributed by atoms with van der Waals surface area (Å²) in [6.45, 7) is 1.34. The molecule has 4 aromatic rings. The summed E-state index contributed by atoms with van der Waals surface area (Å²) >= 11 is 0. The van der Waals surface area contributed by atoms with E-state index in [1.807, 2.05) is 18.2 Å². The highest BCUT2D eigenvalue weighted by Crippen LogP contribution is 2.38. The van der Waals surface area contributed by atoms with E-state index < -0.39 is 11.7 Å². The van der Waals surface area contributed by atoms with Crippen molar-refractivity contribution in [2.75, 3.05) is 5.32 Å². The zero-order valence-electron chi connectivity index (χ0n) is 16.3. The zero-order chi connectivity index (χ0) is 22.0. The van der Waals surface area contributed by atoms with Crippen molar-refractivity contribution in [2.24, 2.45) is 0 Å². The molecule has 2 aromatic carbocycles. The molecule has 8 heteroatoms. The van der Waals surface area contributed by atoms with Crippen molar-refractivity contribution >= 4 is 11.8 Å². The topological polar surface area (TPSA) is 68.0 Å². The number of nitrogens with zero attached hydrogens (tertiary/aromatic N) is 2. The maximum Gasteiger partial charge on any atom is 0.416 e. The van der Waals surface area contributed by atoms with Crippen LogP contribution in [-0.2, 0) is 11.0 Å². The third-order valence-corrected chi connectivity index (χ3v) is 4.48. The Morgan fingerprint density at radius 3 is 2.39 bits per heavy atom. The van der Waals surface area contributed by atoms with E-state index in [-0.39, 0.29) is 23.4 Å². The van der Waals surface area contributed by atoms with Crippen molar-refractivity contribution in [3.63, 3.8) is 0 Å². The minimum atomic E-state index is -4.47. The van der Waals surface area contributed by atoms with Gasteiger partial charge in [-0.3, -0.25) is 15.1 Å². The molecule has 2 aromatic heterocycles. The van der Waals surface area contributed by atoms with Crippen LogP contribution in [-0.4, -0.2) is 15.9 Å². The van der Waals surface area contributed by atoms with E-state index in [2.05, 4.69) is 15.3 Å². The van der Waals surface area contributed by atoms with Crippen LogP contribution in [0.3, 0.4) is 0 Å². The number of nitrogens with one attached hydrogen (secondary N) is 1. The lowest BCUT2D eigenvalue weighted by molar-refractivity contribution is -0.137. The van der Waals surface area contributed by atoms with Gasteiger partial charge in [-0.1, -0.05) is 48.5 Å². The maximum absolute atomic E-state index is 13.2. The molecule has 0 unspecified atom stereocenters. The highest BCUT2D eigenvalue weighted by atomic mass is 19.4. The van der Waals surface area contributed by atoms with Crippen LogP contribution >= 0.6 is 0 Å². The molecule has 0 atom stereocenters. The Balaban J connectivity index is 1.85. The molecule has 156 valence electrons. The predicted octanol–water partition coefficient (Wildman–Crippen LogP) is 6.05. The van der Waals surface area contributed by atoms with E-state index >= 15 is 0 Å². The second-order valence-corrected chi connectivity index (χ2v) is 6.72. The number of anilines is 1. The van der Waals surface area contributed by atoms with E-state index in [0.29, 0.717) is 22.4 Å². The van der Waals surface area contributed by atoms with Gasteiger partial charge >= 0.3 is 6.18 Å². The minimum Gasteiger partial charge on any atom is -0.418 e. The molecule has 1 amide bonds. The first-order valence-corrected chi connectivity index (χ1v) is 9.30. The molecule has 0 fully saturated rings. The summed E-state index contributed by atoms with van der Waals surface area (Å²) in [6.07, 6.45) is -2.97. The molecule has 0 aliphatic carbocycles. The molecular weight excluding hydrogens is 407 g/mol. The molecule has 31 heavy (non-hydrogen) atoms. The summed E-state index contributed by atoms with van der Waals surface area (Å²) in [4.78, 5) is 20.4. The van der Waals surface area contributed by atoms with Gasteiger partial charge in [0.25, 0.3) is 0 Å². The molecule has 0 saturated carbocycles. The normalized spacial score (nSPS) is 11.4. The quantitative estimate of drug-likeness (QED) is 0.434. The van der Waals surface area contributed by atoms with Gasteiger partial charge in [0.05, 0.1) is 5.56 Å². The zero-order valence-corrected chi connectivity index (χ0v) is 16.3. The molecule has 4 rings (SSSR count). The van der Waals surface area contributed by atoms with E-state index in [1.54, 1.807) is 30.3 Å². The first-order chi connectivity index (χ1) is 14.8. The summed E-state index contributed by atoms with van der Waals surface area (Å²) in [5.41, 5.74) is 1.33. The number of hydrogen-bond donors (Lipinski definition) is 1. The number of benzene rings is 2. The van der Waals surface area contributed by atoms with Gasteiger partial charge in [-0.15, -0.1) is 0 Å². The highest BCUT2D eigenvalue weighted by molar-refractivity contribution is 5.92. The van der Waals surface area contributed by atoms with E-state index in [9.17, 15) is 18.0 Å². The van der Waals surface area contributed by atoms with Crippen molar-refractivity contribution in [1.82, 2.24) is 9.97 Å². The third-order valence-electron chi connectivity index (χ3n) is 4.48. The first-order valence-electron chi connectivity index (χ1n) is 9.30. The second kappa shape index (κ2) is 8.06. The van der Waals surface area contributed by atoms with Crippen LogP contribution in [0, 0.1) is 0 Å². The fourth-order valence-electron chi connectivity index (χ4n) is 3.13. The number of hydrogen-bond acceptors (Lipinski definition) is 4. The van der Waals surface area contributed by atoms with Gasteiger partial charge in [0.15, 0.2) is 0 Å². The Labute approximate surface area is 175 Å². The molecule has 1 N–H and O–H groups in total. The Morgan fingerprint density at radius 2 is 1.68 bits per heavy atom. The molecule has 0 saturated heterocycles. The molecule has 2 heterocycles. The van der Waals surface area contributed by atoms with Crippen molar-refractivity contribution in [1.29, 1.82) is 0 Å². The molecule has 0 aliphatic rings. The monoisotopic (exact) mass is 423 g/mol. The number of halogens is 3. The number of rotatable bonds is 4. The van der Waals surface area contributed by atoms with Crippen LogP contribution in [0.25, 0.3) is 34.0 Å². The molecule has 0 bridgehead atoms. The van der Waals surface area contributed by atoms with E-state index in [4.69, 9.17) is 4.42 Å². The molecule has 0 aliphatic heterocycles. The van der Waals surface area contributed by atoms with E-state index in [0.717, 1.165) is 12.1 Å². The van der Waals surface area contributed by atoms with Gasteiger partial charge in [0, 0.05) is 24.2 Å². The number of alkyl halides is 3. The Morgan fingerprint density at radius 1 is 0.935 bits per heavy atom. The van der Waals surface area contributed by atoms with Gasteiger partial charge in [-0.2, -0.15) is 13.2 Å². The number of pyridine rings is 1. The third kappa shape index (κ3) is 4.32. The number of aromatic nitrogens is 2. The average Bonchev–Trinajstić information content (AvgIpc) is 3.17. The maximum atomic E-state index is 13.2. The highest BCUT2D eigenvalue weighted by Gasteiger charge is 2.31. The largest absolute Gasteiger partial charge is 0.418 e. The van der Waals surface area contributed by atoms with Gasteiger partial charge in [-0.25, -0.2) is 4.98 Å². The van der Waals surface area contributed by atoms with Crippen LogP contribution in [0.15, 0.2) is 77.3 Å². The summed E-state index contributed by atoms with van der Waals surface area (Å²) in [7, 11) is 0. The number of carbonyl (C=O) groups is 1. The van der Waals surface area contributed by atoms with Crippen LogP contribution in [0.2, 0.25) is 0 Å². The number of amides is 1. The van der Waals surface area contributed by atoms with Crippen molar-refractivity contribution in [3.05, 3.63) is 78.5 Å². The number of oxazole rings is 1. The lowest BCUT2D eigenvalue weighted by Gasteiger charge is -2.10. The van der Waals surface area contributed by atoms with Gasteiger partial charge in [0.2, 0.25) is 17.7 Å². The van der Waals surface area contributed by atoms with Gasteiger partial charge in [-0.05, 0) is 23.8 Å². The number of carbonyl (C=O) groups excluding carboxylic acids is 1. The molecular formula is C23H16F3N3O2. The summed E-state index contributed by atoms with van der Waals surface area (Å²) in [5.74, 6) is -0.135. The van der Waals surface area contributed by atoms with Crippen LogP contribution in [0.4, 0.5) is 19.1 Å². The summed E-state index contributed by atoms with van der Waals surface area (Å²) in [6, 6.07) is 17.3. The SMILES string of the molecule is CC(=O)Nc1oc(-c2ncccc2-c2cccc(C(F)(F)F)c2)nc1-c1ccccc1. The standard InChI is InChI=1S/C23H16F3N3O2/c1-14(30)28-21-19(15-7-3-2-4-8-15)29-22(31-21)20-18(11-6-12-27-20)16-9-5-10-17(13-16)23(24,25)26/h2-13H,1H3,(H,28,30). The summed E-state index contributed by atoms with van der Waals surface area (Å²) < 4.78 is 45.4. The lowest BCUT2D eigenvalue weighted by atomic mass is 10.0. The van der Waals surface area contributed by atoms with Crippen LogP contribution < -0.4 is 5.32 Å². The van der Waals surface area contributed by atoms with Crippen LogP contribution in [0.1, 0.15) is 12.5 Å².